The summed E-state index contributed by atoms with van der Waals surface area (Å²) in [4.78, 5) is 0. The molecule has 2 nitrogen and oxygen atoms in total. The molecule has 3 heteroatoms. The molecule has 0 aromatic rings. The Hall–Kier alpha value is -0.123. The average molecular weight is 174 g/mol. The lowest BCUT2D eigenvalue weighted by Crippen LogP contribution is -2.36. The molecule has 0 bridgehead atoms. The zero-order valence-corrected chi connectivity index (χ0v) is 8.89. The van der Waals surface area contributed by atoms with Crippen LogP contribution in [0.4, 0.5) is 0 Å². The smallest absolute Gasteiger partial charge is 0.361 e. The molecular weight excluding hydrogens is 156 g/mol. The van der Waals surface area contributed by atoms with Gasteiger partial charge in [0.25, 0.3) is 0 Å². The summed E-state index contributed by atoms with van der Waals surface area (Å²) in [5.41, 5.74) is 2.06. The van der Waals surface area contributed by atoms with Gasteiger partial charge in [-0.25, -0.2) is 0 Å². The van der Waals surface area contributed by atoms with Crippen LogP contribution in [0, 0.1) is 0 Å². The van der Waals surface area contributed by atoms with Gasteiger partial charge in [-0.15, -0.1) is 0 Å². The van der Waals surface area contributed by atoms with Crippen LogP contribution in [0.5, 0.6) is 0 Å². The molecule has 0 fully saturated rings. The summed E-state index contributed by atoms with van der Waals surface area (Å²) in [5.74, 6) is 0. The molecule has 11 heavy (non-hydrogen) atoms. The monoisotopic (exact) mass is 174 g/mol. The fourth-order valence-corrected chi connectivity index (χ4v) is 3.04. The van der Waals surface area contributed by atoms with E-state index in [1.165, 1.54) is 0 Å². The minimum atomic E-state index is -1.93. The van der Waals surface area contributed by atoms with Crippen LogP contribution in [0.1, 0.15) is 20.8 Å². The first-order chi connectivity index (χ1) is 5.18. The molecule has 0 aliphatic heterocycles. The minimum absolute atomic E-state index is 0.729. The first-order valence-corrected chi connectivity index (χ1v) is 6.49. The van der Waals surface area contributed by atoms with Crippen molar-refractivity contribution in [3.05, 3.63) is 11.8 Å². The first-order valence-electron chi connectivity index (χ1n) is 4.10. The van der Waals surface area contributed by atoms with Gasteiger partial charge in [0.2, 0.25) is 0 Å². The van der Waals surface area contributed by atoms with E-state index >= 15 is 0 Å². The second-order valence-electron chi connectivity index (χ2n) is 2.38. The van der Waals surface area contributed by atoms with E-state index in [4.69, 9.17) is 8.85 Å². The van der Waals surface area contributed by atoms with Gasteiger partial charge in [-0.3, -0.25) is 0 Å². The van der Waals surface area contributed by atoms with E-state index in [1.807, 2.05) is 26.8 Å². The highest BCUT2D eigenvalue weighted by atomic mass is 28.4. The molecule has 0 aromatic heterocycles. The Balaban J connectivity index is 4.01. The van der Waals surface area contributed by atoms with Crippen molar-refractivity contribution >= 4 is 8.56 Å². The first kappa shape index (κ1) is 10.9. The zero-order valence-electron chi connectivity index (χ0n) is 7.89. The Morgan fingerprint density at radius 3 is 1.91 bits per heavy atom. The summed E-state index contributed by atoms with van der Waals surface area (Å²) >= 11 is 0. The quantitative estimate of drug-likeness (QED) is 0.595. The Morgan fingerprint density at radius 1 is 1.18 bits per heavy atom. The van der Waals surface area contributed by atoms with Crippen LogP contribution in [-0.2, 0) is 8.85 Å². The third-order valence-corrected chi connectivity index (χ3v) is 3.99. The van der Waals surface area contributed by atoms with Crippen molar-refractivity contribution < 1.29 is 8.85 Å². The van der Waals surface area contributed by atoms with Crippen LogP contribution < -0.4 is 0 Å². The van der Waals surface area contributed by atoms with Crippen molar-refractivity contribution in [3.8, 4) is 0 Å². The molecule has 0 amide bonds. The van der Waals surface area contributed by atoms with Gasteiger partial charge in [-0.2, -0.15) is 0 Å². The molecule has 0 aromatic carbocycles. The molecule has 0 saturated carbocycles. The highest BCUT2D eigenvalue weighted by Gasteiger charge is 2.26. The number of rotatable bonds is 5. The van der Waals surface area contributed by atoms with Crippen molar-refractivity contribution in [1.29, 1.82) is 0 Å². The lowest BCUT2D eigenvalue weighted by Gasteiger charge is -2.21. The Kier molecular flexibility index (Phi) is 5.46. The number of allylic oxidation sites excluding steroid dienone is 1. The molecule has 0 heterocycles. The SMILES string of the molecule is C/C=C\[Si](C)(OCC)OCC. The van der Waals surface area contributed by atoms with Gasteiger partial charge in [0.15, 0.2) is 0 Å². The second-order valence-corrected chi connectivity index (χ2v) is 5.32. The summed E-state index contributed by atoms with van der Waals surface area (Å²) in [6.45, 7) is 9.49. The van der Waals surface area contributed by atoms with E-state index < -0.39 is 8.56 Å². The maximum Gasteiger partial charge on any atom is 0.361 e. The Morgan fingerprint density at radius 2 is 1.64 bits per heavy atom. The largest absolute Gasteiger partial charge is 0.392 e. The van der Waals surface area contributed by atoms with E-state index in [2.05, 4.69) is 12.2 Å². The maximum atomic E-state index is 5.54. The summed E-state index contributed by atoms with van der Waals surface area (Å²) < 4.78 is 11.1. The predicted octanol–water partition coefficient (Wildman–Crippen LogP) is 2.25. The summed E-state index contributed by atoms with van der Waals surface area (Å²) in [7, 11) is -1.93. The number of hydrogen-bond donors (Lipinski definition) is 0. The van der Waals surface area contributed by atoms with Crippen LogP contribution in [0.2, 0.25) is 6.55 Å². The lowest BCUT2D eigenvalue weighted by atomic mass is 10.8. The van der Waals surface area contributed by atoms with Gasteiger partial charge in [-0.05, 0) is 33.0 Å². The van der Waals surface area contributed by atoms with Crippen molar-refractivity contribution in [3.63, 3.8) is 0 Å². The molecule has 0 unspecified atom stereocenters. The maximum absolute atomic E-state index is 5.54. The molecule has 0 radical (unpaired) electrons. The molecule has 0 N–H and O–H groups in total. The van der Waals surface area contributed by atoms with Gasteiger partial charge in [0, 0.05) is 13.2 Å². The molecular formula is C8H18O2Si. The number of hydrogen-bond acceptors (Lipinski definition) is 2. The van der Waals surface area contributed by atoms with Crippen LogP contribution in [0.3, 0.4) is 0 Å². The molecule has 0 aliphatic carbocycles. The van der Waals surface area contributed by atoms with Gasteiger partial charge < -0.3 is 8.85 Å². The summed E-state index contributed by atoms with van der Waals surface area (Å²) in [6.07, 6.45) is 2.00. The topological polar surface area (TPSA) is 18.5 Å². The fourth-order valence-electron chi connectivity index (χ4n) is 1.01. The van der Waals surface area contributed by atoms with Crippen molar-refractivity contribution in [2.75, 3.05) is 13.2 Å². The standard InChI is InChI=1S/C8H18O2Si/c1-5-8-11(4,9-6-2)10-7-3/h5,8H,6-7H2,1-4H3/b8-5-. The molecule has 0 aliphatic rings. The van der Waals surface area contributed by atoms with Crippen molar-refractivity contribution in [2.45, 2.75) is 27.3 Å². The molecule has 66 valence electrons. The van der Waals surface area contributed by atoms with E-state index in [1.54, 1.807) is 0 Å². The van der Waals surface area contributed by atoms with Crippen molar-refractivity contribution in [2.24, 2.45) is 0 Å². The van der Waals surface area contributed by atoms with E-state index in [0.29, 0.717) is 0 Å². The average Bonchev–Trinajstić information content (AvgIpc) is 1.88. The molecule has 0 saturated heterocycles. The van der Waals surface area contributed by atoms with Crippen LogP contribution in [0.15, 0.2) is 11.8 Å². The van der Waals surface area contributed by atoms with E-state index in [9.17, 15) is 0 Å². The Bertz CT molecular complexity index is 117. The lowest BCUT2D eigenvalue weighted by molar-refractivity contribution is 0.201. The van der Waals surface area contributed by atoms with E-state index in [-0.39, 0.29) is 0 Å². The molecule has 0 atom stereocenters. The molecule has 0 spiro atoms. The zero-order chi connectivity index (χ0) is 8.74. The van der Waals surface area contributed by atoms with Crippen LogP contribution in [-0.4, -0.2) is 21.8 Å². The fraction of sp³-hybridized carbons (Fsp3) is 0.750. The third kappa shape index (κ3) is 4.34. The van der Waals surface area contributed by atoms with E-state index in [0.717, 1.165) is 13.2 Å². The second kappa shape index (κ2) is 5.52. The van der Waals surface area contributed by atoms with Gasteiger partial charge in [0.05, 0.1) is 0 Å². The summed E-state index contributed by atoms with van der Waals surface area (Å²) in [5, 5.41) is 0. The van der Waals surface area contributed by atoms with Crippen molar-refractivity contribution in [1.82, 2.24) is 0 Å². The van der Waals surface area contributed by atoms with Gasteiger partial charge in [-0.1, -0.05) is 6.08 Å². The van der Waals surface area contributed by atoms with Crippen LogP contribution >= 0.6 is 0 Å². The minimum Gasteiger partial charge on any atom is -0.392 e. The highest BCUT2D eigenvalue weighted by molar-refractivity contribution is 6.71. The predicted molar refractivity (Wildman–Crippen MR) is 49.7 cm³/mol. The van der Waals surface area contributed by atoms with Gasteiger partial charge >= 0.3 is 8.56 Å². The Labute approximate surface area is 70.5 Å². The molecule has 0 rings (SSSR count). The third-order valence-electron chi connectivity index (χ3n) is 1.33. The summed E-state index contributed by atoms with van der Waals surface area (Å²) in [6, 6.07) is 0. The van der Waals surface area contributed by atoms with Crippen LogP contribution in [0.25, 0.3) is 0 Å². The van der Waals surface area contributed by atoms with Gasteiger partial charge in [0.1, 0.15) is 0 Å². The highest BCUT2D eigenvalue weighted by Crippen LogP contribution is 2.08. The normalized spacial score (nSPS) is 12.7.